The summed E-state index contributed by atoms with van der Waals surface area (Å²) >= 11 is 0. The summed E-state index contributed by atoms with van der Waals surface area (Å²) in [5.41, 5.74) is 0.904. The Hall–Kier alpha value is -4.93. The monoisotopic (exact) mass is 561 g/mol. The van der Waals surface area contributed by atoms with E-state index < -0.39 is 23.8 Å². The summed E-state index contributed by atoms with van der Waals surface area (Å²) in [4.78, 5) is 48.0. The van der Waals surface area contributed by atoms with Gasteiger partial charge in [0.25, 0.3) is 0 Å². The van der Waals surface area contributed by atoms with Crippen LogP contribution in [0.15, 0.2) is 85.3 Å². The van der Waals surface area contributed by atoms with Gasteiger partial charge < -0.3 is 4.57 Å². The lowest BCUT2D eigenvalue weighted by molar-refractivity contribution is -0.137. The zero-order chi connectivity index (χ0) is 29.3. The highest BCUT2D eigenvalue weighted by Gasteiger charge is 2.41. The third-order valence-corrected chi connectivity index (χ3v) is 6.94. The lowest BCUT2D eigenvalue weighted by Crippen LogP contribution is -2.48. The first kappa shape index (κ1) is 27.6. The normalized spacial score (nSPS) is 13.8. The van der Waals surface area contributed by atoms with E-state index in [9.17, 15) is 27.6 Å². The van der Waals surface area contributed by atoms with E-state index in [0.29, 0.717) is 12.0 Å². The van der Waals surface area contributed by atoms with Crippen molar-refractivity contribution in [3.8, 4) is 0 Å². The highest BCUT2D eigenvalue weighted by Crippen LogP contribution is 2.43. The minimum atomic E-state index is -4.66. The lowest BCUT2D eigenvalue weighted by Gasteiger charge is -2.27. The molecule has 4 amide bonds. The van der Waals surface area contributed by atoms with Crippen molar-refractivity contribution in [1.29, 1.82) is 0 Å². The lowest BCUT2D eigenvalue weighted by atomic mass is 10.1. The third kappa shape index (κ3) is 5.30. The molecule has 1 aliphatic rings. The van der Waals surface area contributed by atoms with Gasteiger partial charge in [-0.05, 0) is 67.9 Å². The number of alkyl halides is 3. The number of aryl methyl sites for hydroxylation is 2. The molecule has 0 saturated carbocycles. The quantitative estimate of drug-likeness (QED) is 0.228. The van der Waals surface area contributed by atoms with Crippen molar-refractivity contribution >= 4 is 40.6 Å². The minimum Gasteiger partial charge on any atom is -0.338 e. The Bertz CT molecular complexity index is 1600. The molecule has 2 heterocycles. The van der Waals surface area contributed by atoms with E-state index in [1.165, 1.54) is 35.2 Å². The molecule has 4 aromatic rings. The molecule has 210 valence electrons. The first-order valence-corrected chi connectivity index (χ1v) is 12.9. The number of nitrogens with zero attached hydrogens (tertiary/aromatic N) is 5. The molecule has 0 saturated heterocycles. The number of carbonyl (C=O) groups is 3. The van der Waals surface area contributed by atoms with E-state index in [0.717, 1.165) is 27.6 Å². The first-order chi connectivity index (χ1) is 19.6. The predicted octanol–water partition coefficient (Wildman–Crippen LogP) is 6.98. The van der Waals surface area contributed by atoms with Gasteiger partial charge in [-0.2, -0.15) is 13.2 Å². The van der Waals surface area contributed by atoms with Crippen LogP contribution in [0.1, 0.15) is 35.0 Å². The van der Waals surface area contributed by atoms with Crippen molar-refractivity contribution in [2.75, 3.05) is 21.2 Å². The third-order valence-electron chi connectivity index (χ3n) is 6.94. The van der Waals surface area contributed by atoms with Gasteiger partial charge in [0.1, 0.15) is 0 Å². The number of rotatable bonds is 7. The van der Waals surface area contributed by atoms with Gasteiger partial charge in [0.05, 0.1) is 34.6 Å². The zero-order valence-corrected chi connectivity index (χ0v) is 22.3. The van der Waals surface area contributed by atoms with Crippen LogP contribution >= 0.6 is 0 Å². The molecule has 0 aliphatic carbocycles. The number of amides is 4. The Labute approximate surface area is 234 Å². The molecule has 8 nitrogen and oxygen atoms in total. The highest BCUT2D eigenvalue weighted by atomic mass is 19.4. The van der Waals surface area contributed by atoms with Gasteiger partial charge >= 0.3 is 18.2 Å². The van der Waals surface area contributed by atoms with E-state index in [4.69, 9.17) is 0 Å². The Morgan fingerprint density at radius 1 is 0.854 bits per heavy atom. The van der Waals surface area contributed by atoms with Gasteiger partial charge in [0.15, 0.2) is 5.78 Å². The number of hydrogen-bond acceptors (Lipinski definition) is 4. The standard InChI is InChI=1S/C30H26F3N5O3/c1-3-36-25-15-11-21(30(31,32)33)17-26(25)37(22-7-5-4-6-8-22)29(41)38(28(36)40)23-12-9-20(10-13-23)27(39)16-14-24-18-34-19-35(24)2/h4-13,15,17-19H,3,14,16H2,1-2H3. The molecule has 1 aromatic heterocycles. The fourth-order valence-corrected chi connectivity index (χ4v) is 4.78. The molecule has 0 atom stereocenters. The molecular formula is C30H26F3N5O3. The number of imide groups is 1. The SMILES string of the molecule is CCN1C(=O)N(c2ccc(C(=O)CCc3cncn3C)cc2)C(=O)N(c2ccccc2)c2cc(C(F)(F)F)ccc21. The molecule has 5 rings (SSSR count). The number of fused-ring (bicyclic) bond motifs is 1. The topological polar surface area (TPSA) is 78.8 Å². The van der Waals surface area contributed by atoms with Crippen LogP contribution in [-0.2, 0) is 19.6 Å². The van der Waals surface area contributed by atoms with Crippen LogP contribution in [0.25, 0.3) is 0 Å². The van der Waals surface area contributed by atoms with Gasteiger partial charge in [-0.3, -0.25) is 14.6 Å². The fraction of sp³-hybridized carbons (Fsp3) is 0.200. The Morgan fingerprint density at radius 3 is 2.15 bits per heavy atom. The van der Waals surface area contributed by atoms with Crippen molar-refractivity contribution in [2.24, 2.45) is 7.05 Å². The molecule has 0 unspecified atom stereocenters. The maximum Gasteiger partial charge on any atom is 0.416 e. The summed E-state index contributed by atoms with van der Waals surface area (Å²) in [6.07, 6.45) is -0.573. The van der Waals surface area contributed by atoms with Crippen molar-refractivity contribution in [2.45, 2.75) is 25.9 Å². The van der Waals surface area contributed by atoms with Crippen LogP contribution in [-0.4, -0.2) is 33.9 Å². The van der Waals surface area contributed by atoms with Crippen molar-refractivity contribution in [3.63, 3.8) is 0 Å². The summed E-state index contributed by atoms with van der Waals surface area (Å²) in [5.74, 6) is -0.126. The smallest absolute Gasteiger partial charge is 0.338 e. The number of hydrogen-bond donors (Lipinski definition) is 0. The zero-order valence-electron chi connectivity index (χ0n) is 22.3. The number of benzene rings is 3. The van der Waals surface area contributed by atoms with Gasteiger partial charge in [-0.25, -0.2) is 19.5 Å². The van der Waals surface area contributed by atoms with E-state index in [-0.39, 0.29) is 41.5 Å². The number of ketones is 1. The number of carbonyl (C=O) groups excluding carboxylic acids is 3. The van der Waals surface area contributed by atoms with Crippen LogP contribution in [0, 0.1) is 0 Å². The second-order valence-electron chi connectivity index (χ2n) is 9.48. The molecule has 0 bridgehead atoms. The molecule has 3 aromatic carbocycles. The predicted molar refractivity (Wildman–Crippen MR) is 149 cm³/mol. The summed E-state index contributed by atoms with van der Waals surface area (Å²) in [6, 6.07) is 15.6. The Balaban J connectivity index is 1.53. The van der Waals surface area contributed by atoms with Crippen molar-refractivity contribution in [3.05, 3.63) is 102 Å². The second kappa shape index (κ2) is 10.9. The summed E-state index contributed by atoms with van der Waals surface area (Å²) in [6.45, 7) is 1.76. The number of urea groups is 2. The number of aromatic nitrogens is 2. The van der Waals surface area contributed by atoms with Crippen LogP contribution in [0.3, 0.4) is 0 Å². The minimum absolute atomic E-state index is 0.0734. The van der Waals surface area contributed by atoms with Gasteiger partial charge in [0.2, 0.25) is 0 Å². The summed E-state index contributed by atoms with van der Waals surface area (Å²) in [7, 11) is 1.84. The average molecular weight is 562 g/mol. The Kier molecular flexibility index (Phi) is 7.36. The van der Waals surface area contributed by atoms with Crippen LogP contribution < -0.4 is 14.7 Å². The molecule has 41 heavy (non-hydrogen) atoms. The van der Waals surface area contributed by atoms with Crippen molar-refractivity contribution in [1.82, 2.24) is 9.55 Å². The van der Waals surface area contributed by atoms with Gasteiger partial charge in [0, 0.05) is 37.5 Å². The van der Waals surface area contributed by atoms with Crippen LogP contribution in [0.4, 0.5) is 45.5 Å². The second-order valence-corrected chi connectivity index (χ2v) is 9.48. The molecule has 11 heteroatoms. The fourth-order valence-electron chi connectivity index (χ4n) is 4.78. The number of anilines is 4. The molecule has 0 radical (unpaired) electrons. The van der Waals surface area contributed by atoms with E-state index >= 15 is 0 Å². The summed E-state index contributed by atoms with van der Waals surface area (Å²) < 4.78 is 43.0. The number of para-hydroxylation sites is 1. The average Bonchev–Trinajstić information content (AvgIpc) is 3.34. The van der Waals surface area contributed by atoms with E-state index in [1.54, 1.807) is 49.8 Å². The van der Waals surface area contributed by atoms with Gasteiger partial charge in [-0.15, -0.1) is 0 Å². The number of imidazole rings is 1. The maximum atomic E-state index is 14.1. The molecular weight excluding hydrogens is 535 g/mol. The number of halogens is 3. The van der Waals surface area contributed by atoms with Crippen molar-refractivity contribution < 1.29 is 27.6 Å². The van der Waals surface area contributed by atoms with E-state index in [1.807, 2.05) is 11.6 Å². The van der Waals surface area contributed by atoms with Gasteiger partial charge in [-0.1, -0.05) is 18.2 Å². The Morgan fingerprint density at radius 2 is 1.54 bits per heavy atom. The molecule has 0 spiro atoms. The first-order valence-electron chi connectivity index (χ1n) is 12.9. The molecule has 0 fully saturated rings. The van der Waals surface area contributed by atoms with E-state index in [2.05, 4.69) is 4.98 Å². The molecule has 1 aliphatic heterocycles. The maximum absolute atomic E-state index is 14.1. The van der Waals surface area contributed by atoms with Crippen LogP contribution in [0.2, 0.25) is 0 Å². The summed E-state index contributed by atoms with van der Waals surface area (Å²) in [5, 5.41) is 0. The highest BCUT2D eigenvalue weighted by molar-refractivity contribution is 6.28. The van der Waals surface area contributed by atoms with Crippen LogP contribution in [0.5, 0.6) is 0 Å². The largest absolute Gasteiger partial charge is 0.416 e. The molecule has 0 N–H and O–H groups in total. The number of Topliss-reactive ketones (excluding diaryl/α,β-unsaturated/α-hetero) is 1.